The third kappa shape index (κ3) is 2.54. The van der Waals surface area contributed by atoms with Gasteiger partial charge in [-0.3, -0.25) is 0 Å². The van der Waals surface area contributed by atoms with Crippen LogP contribution in [-0.2, 0) is 16.4 Å². The Kier molecular flexibility index (Phi) is 3.99. The summed E-state index contributed by atoms with van der Waals surface area (Å²) in [5.74, 6) is -0.151. The minimum absolute atomic E-state index is 0.0233. The number of sulfonamides is 1. The molecule has 120 valence electrons. The van der Waals surface area contributed by atoms with Crippen molar-refractivity contribution in [2.45, 2.75) is 37.5 Å². The van der Waals surface area contributed by atoms with Crippen LogP contribution in [0.15, 0.2) is 23.1 Å². The Labute approximate surface area is 131 Å². The molecular formula is C16H21NO4S. The van der Waals surface area contributed by atoms with Crippen LogP contribution < -0.4 is 0 Å². The average molecular weight is 323 g/mol. The van der Waals surface area contributed by atoms with Crippen LogP contribution in [0.5, 0.6) is 0 Å². The fourth-order valence-corrected chi connectivity index (χ4v) is 5.62. The first kappa shape index (κ1) is 15.5. The molecule has 0 spiro atoms. The van der Waals surface area contributed by atoms with Gasteiger partial charge in [-0.1, -0.05) is 19.4 Å². The molecule has 0 radical (unpaired) electrons. The second kappa shape index (κ2) is 5.66. The van der Waals surface area contributed by atoms with Gasteiger partial charge in [0.25, 0.3) is 0 Å². The van der Waals surface area contributed by atoms with Gasteiger partial charge < -0.3 is 5.11 Å². The maximum Gasteiger partial charge on any atom is 0.335 e. The van der Waals surface area contributed by atoms with E-state index in [4.69, 9.17) is 5.11 Å². The van der Waals surface area contributed by atoms with Crippen molar-refractivity contribution in [2.75, 3.05) is 13.1 Å². The van der Waals surface area contributed by atoms with Crippen molar-refractivity contribution in [1.82, 2.24) is 4.31 Å². The van der Waals surface area contributed by atoms with E-state index in [2.05, 4.69) is 0 Å². The number of hydrogen-bond acceptors (Lipinski definition) is 3. The summed E-state index contributed by atoms with van der Waals surface area (Å²) in [6, 6.07) is 4.40. The summed E-state index contributed by atoms with van der Waals surface area (Å²) in [5.41, 5.74) is 0.706. The zero-order valence-electron chi connectivity index (χ0n) is 12.7. The molecule has 1 aromatic carbocycles. The smallest absolute Gasteiger partial charge is 0.335 e. The molecule has 5 nitrogen and oxygen atoms in total. The van der Waals surface area contributed by atoms with Crippen molar-refractivity contribution in [1.29, 1.82) is 0 Å². The lowest BCUT2D eigenvalue weighted by Gasteiger charge is -2.19. The highest BCUT2D eigenvalue weighted by atomic mass is 32.2. The number of hydrogen-bond donors (Lipinski definition) is 1. The standard InChI is InChI=1S/C16H21NO4S/c1-2-11-6-7-12(16(18)19)8-15(11)22(20,21)17-9-13-4-3-5-14(13)10-17/h6-8,13-14H,2-5,9-10H2,1H3,(H,18,19). The third-order valence-corrected chi connectivity index (χ3v) is 6.92. The van der Waals surface area contributed by atoms with E-state index in [1.54, 1.807) is 10.4 Å². The molecule has 2 unspecified atom stereocenters. The van der Waals surface area contributed by atoms with Crippen LogP contribution in [0.3, 0.4) is 0 Å². The Hall–Kier alpha value is -1.40. The van der Waals surface area contributed by atoms with Gasteiger partial charge >= 0.3 is 5.97 Å². The van der Waals surface area contributed by atoms with Crippen molar-refractivity contribution < 1.29 is 18.3 Å². The molecule has 1 aliphatic heterocycles. The Bertz CT molecular complexity index is 686. The SMILES string of the molecule is CCc1ccc(C(=O)O)cc1S(=O)(=O)N1CC2CCCC2C1. The lowest BCUT2D eigenvalue weighted by Crippen LogP contribution is -2.30. The number of nitrogens with zero attached hydrogens (tertiary/aromatic N) is 1. The molecule has 0 amide bonds. The number of carboxylic acids is 1. The number of carboxylic acid groups (broad SMARTS) is 1. The van der Waals surface area contributed by atoms with Crippen LogP contribution in [-0.4, -0.2) is 36.9 Å². The van der Waals surface area contributed by atoms with Gasteiger partial charge in [0.05, 0.1) is 10.5 Å². The lowest BCUT2D eigenvalue weighted by molar-refractivity contribution is 0.0696. The molecule has 1 saturated heterocycles. The molecule has 2 atom stereocenters. The van der Waals surface area contributed by atoms with Gasteiger partial charge in [0.2, 0.25) is 10.0 Å². The molecule has 22 heavy (non-hydrogen) atoms. The molecule has 1 aliphatic carbocycles. The highest BCUT2D eigenvalue weighted by molar-refractivity contribution is 7.89. The van der Waals surface area contributed by atoms with Gasteiger partial charge in [-0.15, -0.1) is 0 Å². The highest BCUT2D eigenvalue weighted by Crippen LogP contribution is 2.40. The maximum atomic E-state index is 13.0. The molecule has 1 saturated carbocycles. The van der Waals surface area contributed by atoms with Crippen molar-refractivity contribution >= 4 is 16.0 Å². The largest absolute Gasteiger partial charge is 0.478 e. The van der Waals surface area contributed by atoms with Gasteiger partial charge in [-0.2, -0.15) is 4.31 Å². The molecule has 3 rings (SSSR count). The fraction of sp³-hybridized carbons (Fsp3) is 0.562. The predicted octanol–water partition coefficient (Wildman–Crippen LogP) is 2.37. The van der Waals surface area contributed by atoms with Crippen LogP contribution in [0.25, 0.3) is 0 Å². The second-order valence-electron chi connectivity index (χ2n) is 6.25. The van der Waals surface area contributed by atoms with Gasteiger partial charge in [0, 0.05) is 13.1 Å². The zero-order chi connectivity index (χ0) is 15.9. The van der Waals surface area contributed by atoms with Crippen molar-refractivity contribution in [3.63, 3.8) is 0 Å². The van der Waals surface area contributed by atoms with E-state index in [1.807, 2.05) is 6.92 Å². The average Bonchev–Trinajstić information content (AvgIpc) is 3.07. The lowest BCUT2D eigenvalue weighted by atomic mass is 10.0. The molecule has 0 bridgehead atoms. The number of benzene rings is 1. The summed E-state index contributed by atoms with van der Waals surface area (Å²) in [7, 11) is -3.61. The van der Waals surface area contributed by atoms with Crippen LogP contribution in [0.1, 0.15) is 42.1 Å². The van der Waals surface area contributed by atoms with E-state index in [0.717, 1.165) is 12.8 Å². The Morgan fingerprint density at radius 3 is 2.45 bits per heavy atom. The van der Waals surface area contributed by atoms with Crippen LogP contribution >= 0.6 is 0 Å². The number of rotatable bonds is 4. The summed E-state index contributed by atoms with van der Waals surface area (Å²) < 4.78 is 27.5. The van der Waals surface area contributed by atoms with Crippen LogP contribution in [0.4, 0.5) is 0 Å². The summed E-state index contributed by atoms with van der Waals surface area (Å²) >= 11 is 0. The minimum Gasteiger partial charge on any atom is -0.478 e. The molecule has 1 heterocycles. The summed E-state index contributed by atoms with van der Waals surface area (Å²) in [6.45, 7) is 3.04. The van der Waals surface area contributed by atoms with Gasteiger partial charge in [0.15, 0.2) is 0 Å². The summed E-state index contributed by atoms with van der Waals surface area (Å²) in [6.07, 6.45) is 3.96. The molecule has 1 aromatic rings. The van der Waals surface area contributed by atoms with Crippen molar-refractivity contribution in [3.8, 4) is 0 Å². The molecule has 1 N–H and O–H groups in total. The topological polar surface area (TPSA) is 74.7 Å². The summed E-state index contributed by atoms with van der Waals surface area (Å²) in [5, 5.41) is 9.13. The zero-order valence-corrected chi connectivity index (χ0v) is 13.5. The molecule has 6 heteroatoms. The van der Waals surface area contributed by atoms with Gasteiger partial charge in [-0.25, -0.2) is 13.2 Å². The van der Waals surface area contributed by atoms with E-state index in [1.165, 1.54) is 18.6 Å². The van der Waals surface area contributed by atoms with E-state index in [-0.39, 0.29) is 10.5 Å². The first-order valence-electron chi connectivity index (χ1n) is 7.80. The van der Waals surface area contributed by atoms with Gasteiger partial charge in [-0.05, 0) is 48.8 Å². The molecule has 2 fully saturated rings. The predicted molar refractivity (Wildman–Crippen MR) is 82.4 cm³/mol. The second-order valence-corrected chi connectivity index (χ2v) is 8.16. The fourth-order valence-electron chi connectivity index (χ4n) is 3.75. The van der Waals surface area contributed by atoms with Crippen molar-refractivity contribution in [3.05, 3.63) is 29.3 Å². The van der Waals surface area contributed by atoms with Crippen LogP contribution in [0.2, 0.25) is 0 Å². The summed E-state index contributed by atoms with van der Waals surface area (Å²) in [4.78, 5) is 11.3. The number of carbonyl (C=O) groups is 1. The van der Waals surface area contributed by atoms with Crippen molar-refractivity contribution in [2.24, 2.45) is 11.8 Å². The number of aromatic carboxylic acids is 1. The first-order valence-corrected chi connectivity index (χ1v) is 9.24. The molecule has 0 aromatic heterocycles. The van der Waals surface area contributed by atoms with Gasteiger partial charge in [0.1, 0.15) is 0 Å². The third-order valence-electron chi connectivity index (χ3n) is 5.01. The Balaban J connectivity index is 1.98. The quantitative estimate of drug-likeness (QED) is 0.923. The Morgan fingerprint density at radius 2 is 1.91 bits per heavy atom. The minimum atomic E-state index is -3.61. The highest BCUT2D eigenvalue weighted by Gasteiger charge is 2.41. The monoisotopic (exact) mass is 323 g/mol. The maximum absolute atomic E-state index is 13.0. The van der Waals surface area contributed by atoms with E-state index >= 15 is 0 Å². The number of fused-ring (bicyclic) bond motifs is 1. The molecule has 2 aliphatic rings. The Morgan fingerprint density at radius 1 is 1.27 bits per heavy atom. The van der Waals surface area contributed by atoms with Crippen LogP contribution in [0, 0.1) is 11.8 Å². The number of aryl methyl sites for hydroxylation is 1. The van der Waals surface area contributed by atoms with E-state index < -0.39 is 16.0 Å². The molecular weight excluding hydrogens is 302 g/mol. The van der Waals surface area contributed by atoms with E-state index in [0.29, 0.717) is 36.9 Å². The van der Waals surface area contributed by atoms with E-state index in [9.17, 15) is 13.2 Å². The first-order chi connectivity index (χ1) is 10.4. The normalized spacial score (nSPS) is 25.3.